The fraction of sp³-hybridized carbons (Fsp3) is 0.538. The van der Waals surface area contributed by atoms with Gasteiger partial charge in [-0.25, -0.2) is 14.6 Å². The molecule has 22 heavy (non-hydrogen) atoms. The molecule has 0 atom stereocenters. The molecule has 1 aliphatic rings. The summed E-state index contributed by atoms with van der Waals surface area (Å²) in [4.78, 5) is 41.7. The highest BCUT2D eigenvalue weighted by Crippen LogP contribution is 2.05. The second-order valence-corrected chi connectivity index (χ2v) is 5.28. The standard InChI is InChI=1S/C13H17N5O4/c1-15-8-14-10-9(15)11(19)18(12(20)16(10)2)5-3-4-17-6-7-22-13(17)21/h8H,3-7H2,1-2H3. The van der Waals surface area contributed by atoms with Crippen LogP contribution in [0.5, 0.6) is 0 Å². The maximum Gasteiger partial charge on any atom is 0.409 e. The van der Waals surface area contributed by atoms with Gasteiger partial charge in [0.05, 0.1) is 12.9 Å². The van der Waals surface area contributed by atoms with Gasteiger partial charge in [-0.2, -0.15) is 0 Å². The molecule has 1 amide bonds. The second-order valence-electron chi connectivity index (χ2n) is 5.28. The number of rotatable bonds is 4. The minimum Gasteiger partial charge on any atom is -0.448 e. The molecule has 0 unspecified atom stereocenters. The van der Waals surface area contributed by atoms with Crippen molar-refractivity contribution in [2.45, 2.75) is 13.0 Å². The Kier molecular flexibility index (Phi) is 3.47. The van der Waals surface area contributed by atoms with E-state index in [0.717, 1.165) is 0 Å². The Labute approximate surface area is 125 Å². The minimum absolute atomic E-state index is 0.246. The highest BCUT2D eigenvalue weighted by atomic mass is 16.6. The summed E-state index contributed by atoms with van der Waals surface area (Å²) in [5.41, 5.74) is 0.00171. The molecule has 0 bridgehead atoms. The van der Waals surface area contributed by atoms with Crippen LogP contribution < -0.4 is 11.2 Å². The Morgan fingerprint density at radius 3 is 2.68 bits per heavy atom. The molecule has 1 saturated heterocycles. The Morgan fingerprint density at radius 1 is 1.23 bits per heavy atom. The van der Waals surface area contributed by atoms with Gasteiger partial charge in [-0.05, 0) is 6.42 Å². The van der Waals surface area contributed by atoms with Gasteiger partial charge in [0.2, 0.25) is 0 Å². The number of carbonyl (C=O) groups excluding carboxylic acids is 1. The van der Waals surface area contributed by atoms with E-state index >= 15 is 0 Å². The third kappa shape index (κ3) is 2.18. The lowest BCUT2D eigenvalue weighted by molar-refractivity contribution is 0.158. The van der Waals surface area contributed by atoms with E-state index in [9.17, 15) is 14.4 Å². The van der Waals surface area contributed by atoms with Gasteiger partial charge in [0.15, 0.2) is 11.2 Å². The molecule has 118 valence electrons. The fourth-order valence-corrected chi connectivity index (χ4v) is 2.64. The second kappa shape index (κ2) is 5.32. The van der Waals surface area contributed by atoms with Crippen molar-refractivity contribution >= 4 is 17.3 Å². The summed E-state index contributed by atoms with van der Waals surface area (Å²) in [6.07, 6.45) is 1.67. The average molecular weight is 307 g/mol. The summed E-state index contributed by atoms with van der Waals surface area (Å²) in [5, 5.41) is 0. The minimum atomic E-state index is -0.403. The van der Waals surface area contributed by atoms with Gasteiger partial charge in [0.1, 0.15) is 6.61 Å². The zero-order chi connectivity index (χ0) is 15.9. The topological polar surface area (TPSA) is 91.4 Å². The summed E-state index contributed by atoms with van der Waals surface area (Å²) in [5.74, 6) is 0. The predicted octanol–water partition coefficient (Wildman–Crippen LogP) is -0.724. The first-order valence-corrected chi connectivity index (χ1v) is 7.03. The molecule has 9 nitrogen and oxygen atoms in total. The molecular formula is C13H17N5O4. The monoisotopic (exact) mass is 307 g/mol. The van der Waals surface area contributed by atoms with E-state index in [1.54, 1.807) is 23.6 Å². The van der Waals surface area contributed by atoms with Gasteiger partial charge in [-0.3, -0.25) is 13.9 Å². The van der Waals surface area contributed by atoms with E-state index in [2.05, 4.69) is 4.98 Å². The SMILES string of the molecule is Cn1cnc2c1c(=O)n(CCCN1CCOC1=O)c(=O)n2C. The molecule has 0 spiro atoms. The molecule has 9 heteroatoms. The lowest BCUT2D eigenvalue weighted by Gasteiger charge is -2.13. The Bertz CT molecular complexity index is 846. The number of aryl methyl sites for hydroxylation is 2. The third-order valence-corrected chi connectivity index (χ3v) is 3.86. The van der Waals surface area contributed by atoms with Crippen LogP contribution in [0.4, 0.5) is 4.79 Å². The molecule has 1 fully saturated rings. The van der Waals surface area contributed by atoms with Gasteiger partial charge in [-0.15, -0.1) is 0 Å². The van der Waals surface area contributed by atoms with Crippen LogP contribution in [0, 0.1) is 0 Å². The van der Waals surface area contributed by atoms with Crippen LogP contribution in [0.2, 0.25) is 0 Å². The number of imidazole rings is 1. The summed E-state index contributed by atoms with van der Waals surface area (Å²) in [7, 11) is 3.30. The van der Waals surface area contributed by atoms with E-state index in [1.807, 2.05) is 0 Å². The van der Waals surface area contributed by atoms with Crippen LogP contribution >= 0.6 is 0 Å². The molecule has 0 aromatic carbocycles. The number of amides is 1. The molecule has 1 aliphatic heterocycles. The molecule has 2 aromatic rings. The number of aromatic nitrogens is 4. The molecule has 0 saturated carbocycles. The third-order valence-electron chi connectivity index (χ3n) is 3.86. The van der Waals surface area contributed by atoms with Crippen LogP contribution in [0.15, 0.2) is 15.9 Å². The Balaban J connectivity index is 1.87. The van der Waals surface area contributed by atoms with E-state index < -0.39 is 5.69 Å². The summed E-state index contributed by atoms with van der Waals surface area (Å²) >= 11 is 0. The van der Waals surface area contributed by atoms with Crippen LogP contribution in [-0.2, 0) is 25.4 Å². The van der Waals surface area contributed by atoms with Gasteiger partial charge in [-0.1, -0.05) is 0 Å². The Hall–Kier alpha value is -2.58. The molecule has 0 aliphatic carbocycles. The highest BCUT2D eigenvalue weighted by Gasteiger charge is 2.21. The lowest BCUT2D eigenvalue weighted by atomic mass is 10.3. The zero-order valence-corrected chi connectivity index (χ0v) is 12.5. The first-order valence-electron chi connectivity index (χ1n) is 7.03. The molecular weight excluding hydrogens is 290 g/mol. The number of cyclic esters (lactones) is 1. The van der Waals surface area contributed by atoms with Crippen molar-refractivity contribution in [2.24, 2.45) is 14.1 Å². The molecule has 3 heterocycles. The summed E-state index contributed by atoms with van der Waals surface area (Å²) in [6, 6.07) is 0. The van der Waals surface area contributed by atoms with Crippen molar-refractivity contribution in [1.29, 1.82) is 0 Å². The van der Waals surface area contributed by atoms with Crippen LogP contribution in [0.1, 0.15) is 6.42 Å². The number of hydrogen-bond acceptors (Lipinski definition) is 5. The van der Waals surface area contributed by atoms with Crippen molar-refractivity contribution < 1.29 is 9.53 Å². The smallest absolute Gasteiger partial charge is 0.409 e. The van der Waals surface area contributed by atoms with E-state index in [4.69, 9.17) is 4.74 Å². The largest absolute Gasteiger partial charge is 0.448 e. The van der Waals surface area contributed by atoms with Crippen molar-refractivity contribution in [3.63, 3.8) is 0 Å². The Morgan fingerprint density at radius 2 is 2.00 bits per heavy atom. The molecule has 2 aromatic heterocycles. The fourth-order valence-electron chi connectivity index (χ4n) is 2.64. The van der Waals surface area contributed by atoms with E-state index in [1.165, 1.54) is 15.5 Å². The number of hydrogen-bond donors (Lipinski definition) is 0. The van der Waals surface area contributed by atoms with Gasteiger partial charge in [0, 0.05) is 27.2 Å². The van der Waals surface area contributed by atoms with Crippen LogP contribution in [-0.4, -0.2) is 49.4 Å². The summed E-state index contributed by atoms with van der Waals surface area (Å²) < 4.78 is 8.99. The van der Waals surface area contributed by atoms with Crippen molar-refractivity contribution in [3.05, 3.63) is 27.2 Å². The molecule has 0 N–H and O–H groups in total. The normalized spacial score (nSPS) is 14.8. The average Bonchev–Trinajstić information content (AvgIpc) is 3.07. The first kappa shape index (κ1) is 14.4. The number of fused-ring (bicyclic) bond motifs is 1. The first-order chi connectivity index (χ1) is 10.5. The van der Waals surface area contributed by atoms with Gasteiger partial charge < -0.3 is 14.2 Å². The van der Waals surface area contributed by atoms with Gasteiger partial charge >= 0.3 is 11.8 Å². The summed E-state index contributed by atoms with van der Waals surface area (Å²) in [6.45, 7) is 1.64. The quantitative estimate of drug-likeness (QED) is 0.743. The molecule has 3 rings (SSSR count). The van der Waals surface area contributed by atoms with Crippen molar-refractivity contribution in [2.75, 3.05) is 19.7 Å². The number of carbonyl (C=O) groups is 1. The zero-order valence-electron chi connectivity index (χ0n) is 12.5. The van der Waals surface area contributed by atoms with Crippen molar-refractivity contribution in [1.82, 2.24) is 23.6 Å². The molecule has 0 radical (unpaired) electrons. The van der Waals surface area contributed by atoms with E-state index in [0.29, 0.717) is 37.3 Å². The van der Waals surface area contributed by atoms with Crippen LogP contribution in [0.25, 0.3) is 11.2 Å². The lowest BCUT2D eigenvalue weighted by Crippen LogP contribution is -2.40. The van der Waals surface area contributed by atoms with Crippen molar-refractivity contribution in [3.8, 4) is 0 Å². The highest BCUT2D eigenvalue weighted by molar-refractivity contribution is 5.70. The maximum absolute atomic E-state index is 12.5. The number of ether oxygens (including phenoxy) is 1. The van der Waals surface area contributed by atoms with E-state index in [-0.39, 0.29) is 18.2 Å². The number of nitrogens with zero attached hydrogens (tertiary/aromatic N) is 5. The van der Waals surface area contributed by atoms with Crippen LogP contribution in [0.3, 0.4) is 0 Å². The van der Waals surface area contributed by atoms with Gasteiger partial charge in [0.25, 0.3) is 5.56 Å². The predicted molar refractivity (Wildman–Crippen MR) is 77.8 cm³/mol. The maximum atomic E-state index is 12.5.